The fourth-order valence-corrected chi connectivity index (χ4v) is 0.401. The van der Waals surface area contributed by atoms with Crippen LogP contribution >= 0.6 is 0 Å². The summed E-state index contributed by atoms with van der Waals surface area (Å²) in [7, 11) is 0.632. The number of carbonyl (C=O) groups is 2. The van der Waals surface area contributed by atoms with Gasteiger partial charge in [-0.1, -0.05) is 0 Å². The largest absolute Gasteiger partial charge is 0.491 e. The molecule has 0 amide bonds. The molecular formula is C6H3F5O4. The Labute approximate surface area is 79.3 Å². The molecule has 9 heteroatoms. The fraction of sp³-hybridized carbons (Fsp3) is 0.333. The van der Waals surface area contributed by atoms with Crippen LogP contribution in [0.3, 0.4) is 0 Å². The first kappa shape index (κ1) is 13.3. The Bertz CT molecular complexity index is 301. The van der Waals surface area contributed by atoms with Crippen molar-refractivity contribution in [2.45, 2.75) is 6.18 Å². The van der Waals surface area contributed by atoms with E-state index < -0.39 is 30.0 Å². The van der Waals surface area contributed by atoms with Crippen LogP contribution in [0.2, 0.25) is 0 Å². The van der Waals surface area contributed by atoms with Crippen LogP contribution < -0.4 is 0 Å². The maximum Gasteiger partial charge on any atom is 0.491 e. The van der Waals surface area contributed by atoms with Crippen molar-refractivity contribution in [2.75, 3.05) is 7.11 Å². The van der Waals surface area contributed by atoms with Gasteiger partial charge in [0.2, 0.25) is 0 Å². The number of ether oxygens (including phenoxy) is 2. The molecule has 0 fully saturated rings. The van der Waals surface area contributed by atoms with Gasteiger partial charge in [0.05, 0.1) is 7.11 Å². The molecule has 0 rings (SSSR count). The van der Waals surface area contributed by atoms with Crippen molar-refractivity contribution in [2.24, 2.45) is 0 Å². The first-order valence-corrected chi connectivity index (χ1v) is 3.12. The Balaban J connectivity index is 4.83. The molecular weight excluding hydrogens is 231 g/mol. The van der Waals surface area contributed by atoms with E-state index in [-0.39, 0.29) is 0 Å². The molecule has 0 aliphatic heterocycles. The van der Waals surface area contributed by atoms with E-state index in [9.17, 15) is 31.5 Å². The summed E-state index contributed by atoms with van der Waals surface area (Å²) in [6.07, 6.45) is -8.37. The van der Waals surface area contributed by atoms with Crippen molar-refractivity contribution in [3.05, 3.63) is 11.8 Å². The number of carbonyl (C=O) groups excluding carboxylic acids is 2. The van der Waals surface area contributed by atoms with E-state index in [4.69, 9.17) is 0 Å². The lowest BCUT2D eigenvalue weighted by molar-refractivity contribution is -0.197. The second kappa shape index (κ2) is 4.71. The van der Waals surface area contributed by atoms with E-state index in [1.54, 1.807) is 0 Å². The van der Waals surface area contributed by atoms with Crippen molar-refractivity contribution in [1.29, 1.82) is 0 Å². The molecule has 0 radical (unpaired) electrons. The van der Waals surface area contributed by atoms with E-state index >= 15 is 0 Å². The highest BCUT2D eigenvalue weighted by Gasteiger charge is 2.43. The van der Waals surface area contributed by atoms with E-state index in [2.05, 4.69) is 9.47 Å². The summed E-state index contributed by atoms with van der Waals surface area (Å²) in [6.45, 7) is 0. The van der Waals surface area contributed by atoms with Crippen molar-refractivity contribution in [1.82, 2.24) is 0 Å². The number of alkyl halides is 3. The molecule has 0 spiro atoms. The monoisotopic (exact) mass is 234 g/mol. The smallest absolute Gasteiger partial charge is 0.463 e. The van der Waals surface area contributed by atoms with Gasteiger partial charge in [-0.15, -0.1) is 0 Å². The highest BCUT2D eigenvalue weighted by atomic mass is 19.4. The van der Waals surface area contributed by atoms with Crippen LogP contribution in [0.4, 0.5) is 22.0 Å². The molecule has 0 saturated heterocycles. The Kier molecular flexibility index (Phi) is 4.19. The molecule has 0 aliphatic carbocycles. The van der Waals surface area contributed by atoms with Crippen LogP contribution in [0.1, 0.15) is 0 Å². The number of hydrogen-bond donors (Lipinski definition) is 0. The molecule has 0 aromatic rings. The van der Waals surface area contributed by atoms with Gasteiger partial charge < -0.3 is 9.47 Å². The number of methoxy groups -OCH3 is 1. The number of hydrogen-bond acceptors (Lipinski definition) is 4. The molecule has 0 aromatic heterocycles. The zero-order valence-electron chi connectivity index (χ0n) is 7.02. The molecule has 0 bridgehead atoms. The van der Waals surface area contributed by atoms with Gasteiger partial charge in [0.25, 0.3) is 5.76 Å². The SMILES string of the molecule is COC(=O)C(OC(=O)C(F)(F)F)=C(F)F. The number of esters is 2. The van der Waals surface area contributed by atoms with Gasteiger partial charge in [-0.2, -0.15) is 22.0 Å². The predicted molar refractivity (Wildman–Crippen MR) is 33.4 cm³/mol. The molecule has 0 saturated carbocycles. The summed E-state index contributed by atoms with van der Waals surface area (Å²) in [5.41, 5.74) is 0. The van der Waals surface area contributed by atoms with Crippen molar-refractivity contribution in [3.63, 3.8) is 0 Å². The van der Waals surface area contributed by atoms with Gasteiger partial charge in [0.1, 0.15) is 0 Å². The maximum atomic E-state index is 11.8. The third-order valence-corrected chi connectivity index (χ3v) is 0.969. The van der Waals surface area contributed by atoms with Gasteiger partial charge in [0, 0.05) is 0 Å². The van der Waals surface area contributed by atoms with E-state index in [0.29, 0.717) is 7.11 Å². The minimum Gasteiger partial charge on any atom is -0.463 e. The number of rotatable bonds is 2. The van der Waals surface area contributed by atoms with Crippen LogP contribution in [0.25, 0.3) is 0 Å². The van der Waals surface area contributed by atoms with E-state index in [1.165, 1.54) is 0 Å². The standard InChI is InChI=1S/C6H3F5O4/c1-14-4(12)2(3(7)8)15-5(13)6(9,10)11/h1H3. The van der Waals surface area contributed by atoms with Crippen LogP contribution in [-0.2, 0) is 19.1 Å². The zero-order valence-corrected chi connectivity index (χ0v) is 7.02. The normalized spacial score (nSPS) is 10.5. The molecule has 15 heavy (non-hydrogen) atoms. The van der Waals surface area contributed by atoms with Crippen LogP contribution in [0, 0.1) is 0 Å². The van der Waals surface area contributed by atoms with Gasteiger partial charge in [-0.05, 0) is 0 Å². The molecule has 86 valence electrons. The summed E-state index contributed by atoms with van der Waals surface area (Å²) in [6, 6.07) is 0. The summed E-state index contributed by atoms with van der Waals surface area (Å²) >= 11 is 0. The van der Waals surface area contributed by atoms with Crippen LogP contribution in [0.15, 0.2) is 11.8 Å². The van der Waals surface area contributed by atoms with Crippen molar-refractivity contribution < 1.29 is 41.0 Å². The van der Waals surface area contributed by atoms with Gasteiger partial charge >= 0.3 is 24.2 Å². The van der Waals surface area contributed by atoms with E-state index in [1.807, 2.05) is 0 Å². The van der Waals surface area contributed by atoms with Crippen molar-refractivity contribution >= 4 is 11.9 Å². The van der Waals surface area contributed by atoms with Gasteiger partial charge in [-0.3, -0.25) is 0 Å². The molecule has 0 atom stereocenters. The van der Waals surface area contributed by atoms with Crippen molar-refractivity contribution in [3.8, 4) is 0 Å². The third kappa shape index (κ3) is 3.92. The maximum absolute atomic E-state index is 11.8. The van der Waals surface area contributed by atoms with Gasteiger partial charge in [0.15, 0.2) is 0 Å². The summed E-state index contributed by atoms with van der Waals surface area (Å²) in [4.78, 5) is 20.5. The lowest BCUT2D eigenvalue weighted by atomic mass is 10.5. The fourth-order valence-electron chi connectivity index (χ4n) is 0.401. The second-order valence-electron chi connectivity index (χ2n) is 1.97. The highest BCUT2D eigenvalue weighted by Crippen LogP contribution is 2.20. The lowest BCUT2D eigenvalue weighted by Crippen LogP contribution is -2.27. The van der Waals surface area contributed by atoms with Crippen LogP contribution in [0.5, 0.6) is 0 Å². The average Bonchev–Trinajstić information content (AvgIpc) is 2.10. The third-order valence-electron chi connectivity index (χ3n) is 0.969. The minimum absolute atomic E-state index is 0.632. The average molecular weight is 234 g/mol. The molecule has 0 aromatic carbocycles. The zero-order chi connectivity index (χ0) is 12.2. The Morgan fingerprint density at radius 1 is 1.13 bits per heavy atom. The van der Waals surface area contributed by atoms with E-state index in [0.717, 1.165) is 0 Å². The molecule has 0 unspecified atom stereocenters. The topological polar surface area (TPSA) is 52.6 Å². The molecule has 0 N–H and O–H groups in total. The molecule has 4 nitrogen and oxygen atoms in total. The quantitative estimate of drug-likeness (QED) is 0.313. The summed E-state index contributed by atoms with van der Waals surface area (Å²) in [5, 5.41) is 0. The second-order valence-corrected chi connectivity index (χ2v) is 1.97. The Morgan fingerprint density at radius 2 is 1.60 bits per heavy atom. The number of halogens is 5. The Morgan fingerprint density at radius 3 is 1.87 bits per heavy atom. The highest BCUT2D eigenvalue weighted by molar-refractivity contribution is 5.90. The van der Waals surface area contributed by atoms with Crippen LogP contribution in [-0.4, -0.2) is 25.2 Å². The molecule has 0 heterocycles. The summed E-state index contributed by atoms with van der Waals surface area (Å²) in [5.74, 6) is -6.90. The summed E-state index contributed by atoms with van der Waals surface area (Å²) < 4.78 is 65.1. The Hall–Kier alpha value is -1.67. The predicted octanol–water partition coefficient (Wildman–Crippen LogP) is 1.37. The minimum atomic E-state index is -5.48. The van der Waals surface area contributed by atoms with Gasteiger partial charge in [-0.25, -0.2) is 9.59 Å². The molecule has 0 aliphatic rings. The lowest BCUT2D eigenvalue weighted by Gasteiger charge is -2.07. The first-order chi connectivity index (χ1) is 6.70. The first-order valence-electron chi connectivity index (χ1n) is 3.12.